The summed E-state index contributed by atoms with van der Waals surface area (Å²) in [7, 11) is 0. The van der Waals surface area contributed by atoms with Crippen LogP contribution in [0.1, 0.15) is 23.4 Å². The highest BCUT2D eigenvalue weighted by Gasteiger charge is 2.30. The standard InChI is InChI=1S/C15H14FNO4/c16-11-3-4-12-10(6-11)7-13(21-12)14(18)17-5-1-2-9(8-17)15(19)20/h3-4,6-7,9H,1-2,5,8H2,(H,19,20). The molecule has 0 bridgehead atoms. The van der Waals surface area contributed by atoms with Crippen molar-refractivity contribution in [2.45, 2.75) is 12.8 Å². The lowest BCUT2D eigenvalue weighted by atomic mass is 9.98. The molecule has 1 amide bonds. The van der Waals surface area contributed by atoms with E-state index in [0.29, 0.717) is 30.4 Å². The molecule has 1 saturated heterocycles. The lowest BCUT2D eigenvalue weighted by Crippen LogP contribution is -2.42. The Kier molecular flexibility index (Phi) is 3.37. The SMILES string of the molecule is O=C(O)C1CCCN(C(=O)c2cc3cc(F)ccc3o2)C1. The smallest absolute Gasteiger partial charge is 0.308 e. The molecule has 0 aliphatic carbocycles. The van der Waals surface area contributed by atoms with Crippen LogP contribution in [0, 0.1) is 11.7 Å². The van der Waals surface area contributed by atoms with Crippen LogP contribution in [0.25, 0.3) is 11.0 Å². The number of furan rings is 1. The van der Waals surface area contributed by atoms with Crippen molar-refractivity contribution in [3.63, 3.8) is 0 Å². The topological polar surface area (TPSA) is 70.8 Å². The van der Waals surface area contributed by atoms with Gasteiger partial charge in [0, 0.05) is 18.5 Å². The molecule has 1 N–H and O–H groups in total. The Balaban J connectivity index is 1.84. The number of halogens is 1. The first kappa shape index (κ1) is 13.6. The van der Waals surface area contributed by atoms with Crippen molar-refractivity contribution in [3.05, 3.63) is 35.8 Å². The lowest BCUT2D eigenvalue weighted by Gasteiger charge is -2.29. The Morgan fingerprint density at radius 2 is 2.14 bits per heavy atom. The maximum absolute atomic E-state index is 13.1. The number of hydrogen-bond acceptors (Lipinski definition) is 3. The van der Waals surface area contributed by atoms with Crippen molar-refractivity contribution in [3.8, 4) is 0 Å². The first-order valence-corrected chi connectivity index (χ1v) is 6.76. The van der Waals surface area contributed by atoms with Gasteiger partial charge in [-0.25, -0.2) is 4.39 Å². The molecule has 1 aliphatic rings. The Morgan fingerprint density at radius 1 is 1.33 bits per heavy atom. The van der Waals surface area contributed by atoms with E-state index in [1.54, 1.807) is 0 Å². The Morgan fingerprint density at radius 3 is 2.90 bits per heavy atom. The van der Waals surface area contributed by atoms with Gasteiger partial charge in [-0.2, -0.15) is 0 Å². The molecule has 21 heavy (non-hydrogen) atoms. The second-order valence-corrected chi connectivity index (χ2v) is 5.22. The summed E-state index contributed by atoms with van der Waals surface area (Å²) in [6.07, 6.45) is 1.22. The van der Waals surface area contributed by atoms with Crippen LogP contribution in [-0.4, -0.2) is 35.0 Å². The zero-order valence-corrected chi connectivity index (χ0v) is 11.2. The quantitative estimate of drug-likeness (QED) is 0.923. The van der Waals surface area contributed by atoms with Gasteiger partial charge in [0.15, 0.2) is 5.76 Å². The summed E-state index contributed by atoms with van der Waals surface area (Å²) in [6.45, 7) is 0.688. The predicted molar refractivity (Wildman–Crippen MR) is 72.4 cm³/mol. The van der Waals surface area contributed by atoms with Gasteiger partial charge in [-0.3, -0.25) is 9.59 Å². The minimum atomic E-state index is -0.890. The van der Waals surface area contributed by atoms with Gasteiger partial charge in [0.1, 0.15) is 11.4 Å². The number of piperidine rings is 1. The summed E-state index contributed by atoms with van der Waals surface area (Å²) in [5.41, 5.74) is 0.437. The monoisotopic (exact) mass is 291 g/mol. The summed E-state index contributed by atoms with van der Waals surface area (Å²) in [6, 6.07) is 5.52. The first-order chi connectivity index (χ1) is 10.0. The van der Waals surface area contributed by atoms with Crippen molar-refractivity contribution in [1.82, 2.24) is 4.90 Å². The molecular weight excluding hydrogens is 277 g/mol. The summed E-state index contributed by atoms with van der Waals surface area (Å²) in [5.74, 6) is -2.06. The molecule has 0 spiro atoms. The van der Waals surface area contributed by atoms with Crippen LogP contribution in [0.2, 0.25) is 0 Å². The molecule has 1 aliphatic heterocycles. The number of amides is 1. The molecule has 1 unspecified atom stereocenters. The number of benzene rings is 1. The first-order valence-electron chi connectivity index (χ1n) is 6.76. The minimum Gasteiger partial charge on any atom is -0.481 e. The number of likely N-dealkylation sites (tertiary alicyclic amines) is 1. The van der Waals surface area contributed by atoms with E-state index in [-0.39, 0.29) is 18.2 Å². The number of hydrogen-bond donors (Lipinski definition) is 1. The third-order valence-corrected chi connectivity index (χ3v) is 3.75. The van der Waals surface area contributed by atoms with Crippen LogP contribution in [0.5, 0.6) is 0 Å². The summed E-state index contributed by atoms with van der Waals surface area (Å²) < 4.78 is 18.6. The normalized spacial score (nSPS) is 18.9. The van der Waals surface area contributed by atoms with E-state index in [9.17, 15) is 14.0 Å². The van der Waals surface area contributed by atoms with Crippen LogP contribution in [-0.2, 0) is 4.79 Å². The van der Waals surface area contributed by atoms with E-state index < -0.39 is 17.7 Å². The van der Waals surface area contributed by atoms with Crippen LogP contribution in [0.4, 0.5) is 4.39 Å². The van der Waals surface area contributed by atoms with Gasteiger partial charge in [0.25, 0.3) is 5.91 Å². The maximum atomic E-state index is 13.1. The number of carbonyl (C=O) groups is 2. The number of fused-ring (bicyclic) bond motifs is 1. The highest BCUT2D eigenvalue weighted by Crippen LogP contribution is 2.24. The molecule has 1 fully saturated rings. The average Bonchev–Trinajstić information content (AvgIpc) is 2.89. The largest absolute Gasteiger partial charge is 0.481 e. The summed E-state index contributed by atoms with van der Waals surface area (Å²) in [4.78, 5) is 24.9. The van der Waals surface area contributed by atoms with E-state index in [0.717, 1.165) is 0 Å². The molecule has 1 atom stereocenters. The van der Waals surface area contributed by atoms with E-state index in [1.807, 2.05) is 0 Å². The van der Waals surface area contributed by atoms with Crippen LogP contribution in [0.3, 0.4) is 0 Å². The lowest BCUT2D eigenvalue weighted by molar-refractivity contribution is -0.143. The number of nitrogens with zero attached hydrogens (tertiary/aromatic N) is 1. The molecule has 110 valence electrons. The maximum Gasteiger partial charge on any atom is 0.308 e. The highest BCUT2D eigenvalue weighted by atomic mass is 19.1. The molecule has 0 radical (unpaired) electrons. The Labute approximate surface area is 119 Å². The number of carbonyl (C=O) groups excluding carboxylic acids is 1. The zero-order valence-electron chi connectivity index (χ0n) is 11.2. The number of rotatable bonds is 2. The van der Waals surface area contributed by atoms with Gasteiger partial charge in [0.05, 0.1) is 5.92 Å². The van der Waals surface area contributed by atoms with Crippen molar-refractivity contribution in [2.24, 2.45) is 5.92 Å². The third kappa shape index (κ3) is 2.61. The van der Waals surface area contributed by atoms with E-state index in [2.05, 4.69) is 0 Å². The number of aliphatic carboxylic acids is 1. The fourth-order valence-electron chi connectivity index (χ4n) is 2.64. The van der Waals surface area contributed by atoms with Gasteiger partial charge >= 0.3 is 5.97 Å². The minimum absolute atomic E-state index is 0.113. The molecule has 3 rings (SSSR count). The molecule has 6 heteroatoms. The second kappa shape index (κ2) is 5.20. The van der Waals surface area contributed by atoms with Gasteiger partial charge in [-0.1, -0.05) is 0 Å². The van der Waals surface area contributed by atoms with Crippen LogP contribution < -0.4 is 0 Å². The summed E-state index contributed by atoms with van der Waals surface area (Å²) in [5, 5.41) is 9.57. The molecule has 1 aromatic carbocycles. The zero-order chi connectivity index (χ0) is 15.0. The van der Waals surface area contributed by atoms with Crippen molar-refractivity contribution in [1.29, 1.82) is 0 Å². The van der Waals surface area contributed by atoms with Gasteiger partial charge in [-0.15, -0.1) is 0 Å². The number of carboxylic acid groups (broad SMARTS) is 1. The van der Waals surface area contributed by atoms with Crippen molar-refractivity contribution < 1.29 is 23.5 Å². The predicted octanol–water partition coefficient (Wildman–Crippen LogP) is 2.51. The number of carboxylic acids is 1. The highest BCUT2D eigenvalue weighted by molar-refractivity contribution is 5.96. The Bertz CT molecular complexity index is 709. The van der Waals surface area contributed by atoms with Crippen molar-refractivity contribution >= 4 is 22.8 Å². The fourth-order valence-corrected chi connectivity index (χ4v) is 2.64. The average molecular weight is 291 g/mol. The third-order valence-electron chi connectivity index (χ3n) is 3.75. The van der Waals surface area contributed by atoms with Crippen LogP contribution in [0.15, 0.2) is 28.7 Å². The van der Waals surface area contributed by atoms with Gasteiger partial charge in [-0.05, 0) is 37.1 Å². The molecule has 5 nitrogen and oxygen atoms in total. The van der Waals surface area contributed by atoms with Gasteiger partial charge in [0.2, 0.25) is 0 Å². The van der Waals surface area contributed by atoms with Crippen LogP contribution >= 0.6 is 0 Å². The van der Waals surface area contributed by atoms with E-state index in [1.165, 1.54) is 29.2 Å². The molecular formula is C15H14FNO4. The molecule has 2 aromatic rings. The Hall–Kier alpha value is -2.37. The molecule has 0 saturated carbocycles. The fraction of sp³-hybridized carbons (Fsp3) is 0.333. The van der Waals surface area contributed by atoms with E-state index in [4.69, 9.17) is 9.52 Å². The molecule has 2 heterocycles. The molecule has 1 aromatic heterocycles. The summed E-state index contributed by atoms with van der Waals surface area (Å²) >= 11 is 0. The van der Waals surface area contributed by atoms with Gasteiger partial charge < -0.3 is 14.4 Å². The van der Waals surface area contributed by atoms with E-state index >= 15 is 0 Å². The second-order valence-electron chi connectivity index (χ2n) is 5.22. The van der Waals surface area contributed by atoms with Crippen molar-refractivity contribution in [2.75, 3.05) is 13.1 Å².